The van der Waals surface area contributed by atoms with Crippen LogP contribution in [0.5, 0.6) is 0 Å². The molecule has 1 heterocycles. The maximum Gasteiger partial charge on any atom is 0.355 e. The number of carbonyl (C=O) groups excluding carboxylic acids is 2. The van der Waals surface area contributed by atoms with E-state index in [9.17, 15) is 14.9 Å². The van der Waals surface area contributed by atoms with Crippen LogP contribution in [0.1, 0.15) is 5.56 Å². The molecule has 8 heteroatoms. The van der Waals surface area contributed by atoms with Crippen molar-refractivity contribution < 1.29 is 23.8 Å². The van der Waals surface area contributed by atoms with Gasteiger partial charge in [-0.2, -0.15) is 5.26 Å². The van der Waals surface area contributed by atoms with Gasteiger partial charge in [0, 0.05) is 4.47 Å². The Balaban J connectivity index is 2.63. The summed E-state index contributed by atoms with van der Waals surface area (Å²) in [5.74, 6) is -1.40. The molecular weight excluding hydrogens is 368 g/mol. The van der Waals surface area contributed by atoms with Crippen molar-refractivity contribution in [2.75, 3.05) is 32.5 Å². The van der Waals surface area contributed by atoms with Crippen LogP contribution in [0, 0.1) is 11.3 Å². The summed E-state index contributed by atoms with van der Waals surface area (Å²) in [6.45, 7) is -0.0761. The number of anilines is 1. The van der Waals surface area contributed by atoms with Crippen LogP contribution < -0.4 is 4.90 Å². The molecule has 1 aromatic rings. The highest BCUT2D eigenvalue weighted by molar-refractivity contribution is 9.10. The molecule has 0 radical (unpaired) electrons. The van der Waals surface area contributed by atoms with Gasteiger partial charge in [-0.1, -0.05) is 15.9 Å². The lowest BCUT2D eigenvalue weighted by Gasteiger charge is -2.31. The molecule has 2 rings (SSSR count). The number of halogens is 1. The quantitative estimate of drug-likeness (QED) is 0.737. The van der Waals surface area contributed by atoms with Gasteiger partial charge in [0.15, 0.2) is 0 Å². The average Bonchev–Trinajstić information content (AvgIpc) is 2.59. The minimum absolute atomic E-state index is 0.00123. The van der Waals surface area contributed by atoms with Gasteiger partial charge in [-0.15, -0.1) is 0 Å². The van der Waals surface area contributed by atoms with Crippen LogP contribution in [-0.4, -0.2) is 39.5 Å². The fourth-order valence-corrected chi connectivity index (χ4v) is 2.53. The van der Waals surface area contributed by atoms with Crippen LogP contribution in [0.2, 0.25) is 0 Å². The van der Waals surface area contributed by atoms with Crippen molar-refractivity contribution in [2.24, 2.45) is 0 Å². The van der Waals surface area contributed by atoms with Crippen LogP contribution in [0.25, 0.3) is 0 Å². The average molecular weight is 381 g/mol. The van der Waals surface area contributed by atoms with Gasteiger partial charge in [0.1, 0.15) is 18.5 Å². The van der Waals surface area contributed by atoms with Crippen molar-refractivity contribution in [1.82, 2.24) is 0 Å². The molecule has 0 N–H and O–H groups in total. The molecule has 1 aromatic carbocycles. The second-order valence-electron chi connectivity index (χ2n) is 4.49. The summed E-state index contributed by atoms with van der Waals surface area (Å²) < 4.78 is 15.5. The Morgan fingerprint density at radius 3 is 2.61 bits per heavy atom. The highest BCUT2D eigenvalue weighted by Crippen LogP contribution is 2.30. The van der Waals surface area contributed by atoms with Crippen molar-refractivity contribution >= 4 is 33.6 Å². The third-order valence-electron chi connectivity index (χ3n) is 3.20. The number of hydrogen-bond donors (Lipinski definition) is 0. The summed E-state index contributed by atoms with van der Waals surface area (Å²) in [6, 6.07) is 7.03. The number of nitrogens with zero attached hydrogens (tertiary/aromatic N) is 2. The normalized spacial score (nSPS) is 14.3. The van der Waals surface area contributed by atoms with Gasteiger partial charge in [-0.25, -0.2) is 9.59 Å². The van der Waals surface area contributed by atoms with Gasteiger partial charge in [0.2, 0.25) is 0 Å². The minimum atomic E-state index is -0.708. The van der Waals surface area contributed by atoms with Gasteiger partial charge in [-0.3, -0.25) is 0 Å². The number of benzene rings is 1. The molecule has 0 saturated carbocycles. The third-order valence-corrected chi connectivity index (χ3v) is 3.70. The smallest absolute Gasteiger partial charge is 0.355 e. The zero-order valence-corrected chi connectivity index (χ0v) is 14.0. The van der Waals surface area contributed by atoms with Gasteiger partial charge in [-0.05, 0) is 18.2 Å². The van der Waals surface area contributed by atoms with Crippen molar-refractivity contribution in [3.63, 3.8) is 0 Å². The molecule has 0 spiro atoms. The van der Waals surface area contributed by atoms with Gasteiger partial charge in [0.05, 0.1) is 37.7 Å². The Hall–Kier alpha value is -2.37. The van der Waals surface area contributed by atoms with Gasteiger partial charge >= 0.3 is 11.9 Å². The fraction of sp³-hybridized carbons (Fsp3) is 0.267. The Morgan fingerprint density at radius 1 is 1.30 bits per heavy atom. The SMILES string of the molecule is COC(=O)C1=C(C(=O)OC)N(c2ccc(Br)cc2C#N)COC1. The van der Waals surface area contributed by atoms with Crippen molar-refractivity contribution in [3.05, 3.63) is 39.5 Å². The van der Waals surface area contributed by atoms with E-state index in [1.165, 1.54) is 19.1 Å². The number of methoxy groups -OCH3 is 2. The van der Waals surface area contributed by atoms with Gasteiger partial charge < -0.3 is 19.1 Å². The molecule has 0 fully saturated rings. The second kappa shape index (κ2) is 7.26. The molecule has 1 aliphatic rings. The first kappa shape index (κ1) is 17.0. The molecule has 0 saturated heterocycles. The van der Waals surface area contributed by atoms with E-state index in [0.717, 1.165) is 0 Å². The molecule has 7 nitrogen and oxygen atoms in total. The zero-order chi connectivity index (χ0) is 17.0. The van der Waals surface area contributed by atoms with Crippen LogP contribution in [0.15, 0.2) is 33.9 Å². The molecule has 0 atom stereocenters. The molecule has 0 amide bonds. The minimum Gasteiger partial charge on any atom is -0.466 e. The summed E-state index contributed by atoms with van der Waals surface area (Å²) in [5.41, 5.74) is 0.787. The highest BCUT2D eigenvalue weighted by atomic mass is 79.9. The number of rotatable bonds is 3. The predicted octanol–water partition coefficient (Wildman–Crippen LogP) is 1.71. The van der Waals surface area contributed by atoms with E-state index >= 15 is 0 Å². The van der Waals surface area contributed by atoms with E-state index in [1.54, 1.807) is 18.2 Å². The zero-order valence-electron chi connectivity index (χ0n) is 12.5. The van der Waals surface area contributed by atoms with E-state index in [-0.39, 0.29) is 24.6 Å². The summed E-state index contributed by atoms with van der Waals surface area (Å²) in [5, 5.41) is 9.31. The van der Waals surface area contributed by atoms with Crippen molar-refractivity contribution in [1.29, 1.82) is 5.26 Å². The van der Waals surface area contributed by atoms with Crippen LogP contribution in [-0.2, 0) is 23.8 Å². The number of hydrogen-bond acceptors (Lipinski definition) is 7. The summed E-state index contributed by atoms with van der Waals surface area (Å²) in [7, 11) is 2.42. The largest absolute Gasteiger partial charge is 0.466 e. The molecule has 1 aliphatic heterocycles. The molecule has 0 aromatic heterocycles. The molecule has 120 valence electrons. The summed E-state index contributed by atoms with van der Waals surface area (Å²) in [4.78, 5) is 25.5. The topological polar surface area (TPSA) is 88.9 Å². The van der Waals surface area contributed by atoms with E-state index < -0.39 is 11.9 Å². The Bertz CT molecular complexity index is 723. The molecular formula is C15H13BrN2O5. The highest BCUT2D eigenvalue weighted by Gasteiger charge is 2.33. The summed E-state index contributed by atoms with van der Waals surface area (Å²) >= 11 is 3.29. The van der Waals surface area contributed by atoms with E-state index in [0.29, 0.717) is 15.7 Å². The molecule has 0 bridgehead atoms. The number of nitriles is 1. The van der Waals surface area contributed by atoms with Crippen LogP contribution in [0.3, 0.4) is 0 Å². The fourth-order valence-electron chi connectivity index (χ4n) is 2.17. The predicted molar refractivity (Wildman–Crippen MR) is 83.2 cm³/mol. The first-order valence-corrected chi connectivity index (χ1v) is 7.27. The van der Waals surface area contributed by atoms with Gasteiger partial charge in [0.25, 0.3) is 0 Å². The van der Waals surface area contributed by atoms with Crippen molar-refractivity contribution in [3.8, 4) is 6.07 Å². The van der Waals surface area contributed by atoms with Crippen LogP contribution in [0.4, 0.5) is 5.69 Å². The van der Waals surface area contributed by atoms with Crippen LogP contribution >= 0.6 is 15.9 Å². The molecule has 0 aliphatic carbocycles. The number of carbonyl (C=O) groups is 2. The van der Waals surface area contributed by atoms with Crippen molar-refractivity contribution in [2.45, 2.75) is 0 Å². The second-order valence-corrected chi connectivity index (χ2v) is 5.40. The van der Waals surface area contributed by atoms with E-state index in [1.807, 2.05) is 0 Å². The lowest BCUT2D eigenvalue weighted by atomic mass is 10.1. The number of ether oxygens (including phenoxy) is 3. The maximum atomic E-state index is 12.2. The molecule has 0 unspecified atom stereocenters. The van der Waals surface area contributed by atoms with E-state index in [2.05, 4.69) is 22.0 Å². The Morgan fingerprint density at radius 2 is 2.00 bits per heavy atom. The molecule has 23 heavy (non-hydrogen) atoms. The standard InChI is InChI=1S/C15H13BrN2O5/c1-21-14(19)11-7-23-8-18(13(11)15(20)22-2)12-4-3-10(16)5-9(12)6-17/h3-5H,7-8H2,1-2H3. The first-order valence-electron chi connectivity index (χ1n) is 6.48. The van der Waals surface area contributed by atoms with E-state index in [4.69, 9.17) is 14.2 Å². The monoisotopic (exact) mass is 380 g/mol. The summed E-state index contributed by atoms with van der Waals surface area (Å²) in [6.07, 6.45) is 0. The number of esters is 2. The third kappa shape index (κ3) is 3.36. The lowest BCUT2D eigenvalue weighted by Crippen LogP contribution is -2.39. The Kier molecular flexibility index (Phi) is 5.36. The Labute approximate surface area is 141 Å². The maximum absolute atomic E-state index is 12.2. The first-order chi connectivity index (χ1) is 11.0. The lowest BCUT2D eigenvalue weighted by molar-refractivity contribution is -0.140.